The summed E-state index contributed by atoms with van der Waals surface area (Å²) in [5.74, 6) is -0.362. The number of carbonyl (C=O) groups excluding carboxylic acids is 1. The summed E-state index contributed by atoms with van der Waals surface area (Å²) >= 11 is 2.12. The van der Waals surface area contributed by atoms with Gasteiger partial charge in [-0.2, -0.15) is 0 Å². The van der Waals surface area contributed by atoms with Crippen molar-refractivity contribution in [3.63, 3.8) is 0 Å². The predicted molar refractivity (Wildman–Crippen MR) is 48.1 cm³/mol. The highest BCUT2D eigenvalue weighted by Gasteiger charge is 2.29. The number of esters is 1. The second-order valence-electron chi connectivity index (χ2n) is 2.57. The molecule has 0 fully saturated rings. The van der Waals surface area contributed by atoms with Crippen molar-refractivity contribution < 1.29 is 9.53 Å². The lowest BCUT2D eigenvalue weighted by molar-refractivity contribution is -0.142. The molecule has 2 N–H and O–H groups in total. The van der Waals surface area contributed by atoms with Crippen LogP contribution < -0.4 is 5.73 Å². The average Bonchev–Trinajstić information content (AvgIpc) is 1.83. The Morgan fingerprint density at radius 2 is 2.10 bits per heavy atom. The van der Waals surface area contributed by atoms with E-state index in [1.165, 1.54) is 7.11 Å². The average molecular weight is 257 g/mol. The molecule has 3 nitrogen and oxygen atoms in total. The molecule has 0 saturated carbocycles. The largest absolute Gasteiger partial charge is 0.468 e. The van der Waals surface area contributed by atoms with Crippen LogP contribution >= 0.6 is 22.6 Å². The molecule has 0 aliphatic carbocycles. The molecule has 4 heteroatoms. The maximum Gasteiger partial charge on any atom is 0.323 e. The van der Waals surface area contributed by atoms with E-state index in [0.29, 0.717) is 0 Å². The number of rotatable bonds is 2. The van der Waals surface area contributed by atoms with Crippen LogP contribution in [0.5, 0.6) is 0 Å². The van der Waals surface area contributed by atoms with Gasteiger partial charge in [0.15, 0.2) is 0 Å². The lowest BCUT2D eigenvalue weighted by atomic mass is 10.1. The highest BCUT2D eigenvalue weighted by molar-refractivity contribution is 14.1. The zero-order valence-electron chi connectivity index (χ0n) is 6.35. The summed E-state index contributed by atoms with van der Waals surface area (Å²) in [4.78, 5) is 10.8. The Balaban J connectivity index is 4.08. The summed E-state index contributed by atoms with van der Waals surface area (Å²) in [7, 11) is 1.34. The van der Waals surface area contributed by atoms with Gasteiger partial charge in [0.25, 0.3) is 0 Å². The summed E-state index contributed by atoms with van der Waals surface area (Å²) in [6.07, 6.45) is 0. The van der Waals surface area contributed by atoms with E-state index in [4.69, 9.17) is 5.73 Å². The Hall–Kier alpha value is 0.160. The molecular weight excluding hydrogens is 245 g/mol. The summed E-state index contributed by atoms with van der Waals surface area (Å²) in [6, 6.07) is -0.543. The first-order chi connectivity index (χ1) is 4.39. The zero-order chi connectivity index (χ0) is 8.36. The third-order valence-electron chi connectivity index (χ3n) is 1.19. The van der Waals surface area contributed by atoms with E-state index in [0.717, 1.165) is 0 Å². The molecule has 0 aliphatic heterocycles. The fourth-order valence-corrected chi connectivity index (χ4v) is 0.661. The molecule has 0 radical (unpaired) electrons. The van der Waals surface area contributed by atoms with E-state index in [1.807, 2.05) is 13.8 Å². The first-order valence-electron chi connectivity index (χ1n) is 2.92. The van der Waals surface area contributed by atoms with E-state index < -0.39 is 6.04 Å². The van der Waals surface area contributed by atoms with Crippen molar-refractivity contribution in [3.05, 3.63) is 0 Å². The van der Waals surface area contributed by atoms with Gasteiger partial charge in [-0.05, 0) is 13.8 Å². The van der Waals surface area contributed by atoms with E-state index in [9.17, 15) is 4.79 Å². The predicted octanol–water partition coefficient (Wildman–Crippen LogP) is 0.700. The van der Waals surface area contributed by atoms with Crippen LogP contribution in [-0.2, 0) is 9.53 Å². The number of methoxy groups -OCH3 is 1. The lowest BCUT2D eigenvalue weighted by Crippen LogP contribution is -2.45. The fraction of sp³-hybridized carbons (Fsp3) is 0.833. The summed E-state index contributed by atoms with van der Waals surface area (Å²) in [6.45, 7) is 3.77. The van der Waals surface area contributed by atoms with Crippen LogP contribution in [-0.4, -0.2) is 22.5 Å². The van der Waals surface area contributed by atoms with Gasteiger partial charge in [-0.25, -0.2) is 0 Å². The van der Waals surface area contributed by atoms with Crippen molar-refractivity contribution >= 4 is 28.6 Å². The molecule has 0 bridgehead atoms. The Morgan fingerprint density at radius 3 is 2.20 bits per heavy atom. The Morgan fingerprint density at radius 1 is 1.70 bits per heavy atom. The molecule has 10 heavy (non-hydrogen) atoms. The third kappa shape index (κ3) is 2.83. The quantitative estimate of drug-likeness (QED) is 0.450. The van der Waals surface area contributed by atoms with Crippen molar-refractivity contribution in [2.24, 2.45) is 5.73 Å². The minimum atomic E-state index is -0.543. The number of hydrogen-bond donors (Lipinski definition) is 1. The van der Waals surface area contributed by atoms with E-state index in [1.54, 1.807) is 0 Å². The highest BCUT2D eigenvalue weighted by atomic mass is 127. The summed E-state index contributed by atoms with van der Waals surface area (Å²) < 4.78 is 4.22. The van der Waals surface area contributed by atoms with Crippen LogP contribution in [0.15, 0.2) is 0 Å². The molecule has 0 aliphatic rings. The highest BCUT2D eigenvalue weighted by Crippen LogP contribution is 2.20. The van der Waals surface area contributed by atoms with Gasteiger partial charge < -0.3 is 10.5 Å². The second-order valence-corrected chi connectivity index (χ2v) is 5.35. The molecule has 0 aromatic heterocycles. The minimum Gasteiger partial charge on any atom is -0.468 e. The van der Waals surface area contributed by atoms with E-state index in [2.05, 4.69) is 27.3 Å². The molecule has 0 aromatic rings. The van der Waals surface area contributed by atoms with Gasteiger partial charge >= 0.3 is 5.97 Å². The zero-order valence-corrected chi connectivity index (χ0v) is 8.51. The second kappa shape index (κ2) is 3.52. The van der Waals surface area contributed by atoms with Crippen molar-refractivity contribution in [2.45, 2.75) is 23.3 Å². The molecule has 1 unspecified atom stereocenters. The van der Waals surface area contributed by atoms with Crippen molar-refractivity contribution in [3.8, 4) is 0 Å². The van der Waals surface area contributed by atoms with Crippen LogP contribution in [0.1, 0.15) is 13.8 Å². The molecule has 0 saturated heterocycles. The first kappa shape index (κ1) is 10.2. The first-order valence-corrected chi connectivity index (χ1v) is 3.99. The van der Waals surface area contributed by atoms with Gasteiger partial charge in [-0.15, -0.1) is 0 Å². The molecule has 1 atom stereocenters. The number of hydrogen-bond acceptors (Lipinski definition) is 3. The molecule has 0 amide bonds. The van der Waals surface area contributed by atoms with Gasteiger partial charge in [0.1, 0.15) is 6.04 Å². The number of halogens is 1. The maximum atomic E-state index is 10.8. The van der Waals surface area contributed by atoms with Crippen molar-refractivity contribution in [1.82, 2.24) is 0 Å². The Bertz CT molecular complexity index is 130. The monoisotopic (exact) mass is 257 g/mol. The van der Waals surface area contributed by atoms with Crippen LogP contribution in [0.3, 0.4) is 0 Å². The Kier molecular flexibility index (Phi) is 3.58. The van der Waals surface area contributed by atoms with Gasteiger partial charge in [0.2, 0.25) is 0 Å². The molecule has 0 heterocycles. The van der Waals surface area contributed by atoms with Gasteiger partial charge in [-0.1, -0.05) is 22.6 Å². The molecule has 0 aromatic carbocycles. The molecule has 0 rings (SSSR count). The minimum absolute atomic E-state index is 0.245. The van der Waals surface area contributed by atoms with Crippen LogP contribution in [0.2, 0.25) is 0 Å². The summed E-state index contributed by atoms with van der Waals surface area (Å²) in [5, 5.41) is 0. The van der Waals surface area contributed by atoms with Crippen molar-refractivity contribution in [1.29, 1.82) is 0 Å². The normalized spacial score (nSPS) is 14.5. The van der Waals surface area contributed by atoms with Crippen molar-refractivity contribution in [2.75, 3.05) is 7.11 Å². The topological polar surface area (TPSA) is 52.3 Å². The number of carbonyl (C=O) groups is 1. The third-order valence-corrected chi connectivity index (χ3v) is 1.87. The van der Waals surface area contributed by atoms with Gasteiger partial charge in [0.05, 0.1) is 7.11 Å². The van der Waals surface area contributed by atoms with Crippen LogP contribution in [0.25, 0.3) is 0 Å². The van der Waals surface area contributed by atoms with Gasteiger partial charge in [0, 0.05) is 3.42 Å². The van der Waals surface area contributed by atoms with Crippen LogP contribution in [0.4, 0.5) is 0 Å². The molecule has 60 valence electrons. The number of alkyl halides is 1. The fourth-order valence-electron chi connectivity index (χ4n) is 0.407. The van der Waals surface area contributed by atoms with Gasteiger partial charge in [-0.3, -0.25) is 4.79 Å². The standard InChI is InChI=1S/C6H12INO2/c1-6(2,7)4(8)5(9)10-3/h4H,8H2,1-3H3. The van der Waals surface area contributed by atoms with E-state index in [-0.39, 0.29) is 9.39 Å². The molecular formula is C6H12INO2. The van der Waals surface area contributed by atoms with E-state index >= 15 is 0 Å². The number of ether oxygens (including phenoxy) is 1. The summed E-state index contributed by atoms with van der Waals surface area (Å²) in [5.41, 5.74) is 5.52. The lowest BCUT2D eigenvalue weighted by Gasteiger charge is -2.21. The molecule has 0 spiro atoms. The van der Waals surface area contributed by atoms with Crippen LogP contribution in [0, 0.1) is 0 Å². The number of nitrogens with two attached hydrogens (primary N) is 1. The SMILES string of the molecule is COC(=O)C(N)C(C)(C)I. The smallest absolute Gasteiger partial charge is 0.323 e. The maximum absolute atomic E-state index is 10.8. The Labute approximate surface area is 74.4 Å².